The van der Waals surface area contributed by atoms with Crippen LogP contribution in [-0.4, -0.2) is 44.2 Å². The number of nitrogens with one attached hydrogen (secondary N) is 2. The van der Waals surface area contributed by atoms with Crippen molar-refractivity contribution in [1.29, 1.82) is 0 Å². The van der Waals surface area contributed by atoms with E-state index in [1.54, 1.807) is 30.3 Å². The Bertz CT molecular complexity index is 1260. The van der Waals surface area contributed by atoms with E-state index in [1.165, 1.54) is 30.3 Å². The molecule has 0 unspecified atom stereocenters. The van der Waals surface area contributed by atoms with E-state index in [1.807, 2.05) is 13.0 Å². The predicted molar refractivity (Wildman–Crippen MR) is 136 cm³/mol. The van der Waals surface area contributed by atoms with Gasteiger partial charge in [-0.2, -0.15) is 0 Å². The molecule has 3 aromatic rings. The molecule has 0 saturated heterocycles. The van der Waals surface area contributed by atoms with Crippen molar-refractivity contribution in [2.75, 3.05) is 19.6 Å². The van der Waals surface area contributed by atoms with Gasteiger partial charge in [0.05, 0.1) is 21.5 Å². The van der Waals surface area contributed by atoms with Crippen LogP contribution in [0.25, 0.3) is 0 Å². The second-order valence-corrected chi connectivity index (χ2v) is 10.5. The smallest absolute Gasteiger partial charge is 0.255 e. The summed E-state index contributed by atoms with van der Waals surface area (Å²) >= 11 is 5.96. The number of carbonyl (C=O) groups is 1. The van der Waals surface area contributed by atoms with E-state index in [0.29, 0.717) is 31.1 Å². The molecule has 0 aliphatic rings. The lowest BCUT2D eigenvalue weighted by molar-refractivity contribution is 0.0950. The molecule has 3 aromatic carbocycles. The average Bonchev–Trinajstić information content (AvgIpc) is 2.85. The zero-order valence-electron chi connectivity index (χ0n) is 19.4. The molecule has 0 heterocycles. The molecule has 0 spiro atoms. The van der Waals surface area contributed by atoms with E-state index in [9.17, 15) is 23.4 Å². The fraction of sp³-hybridized carbons (Fsp3) is 0.269. The van der Waals surface area contributed by atoms with Crippen LogP contribution >= 0.6 is 11.6 Å². The van der Waals surface area contributed by atoms with Crippen LogP contribution in [0.5, 0.6) is 5.75 Å². The molecule has 0 radical (unpaired) electrons. The number of aliphatic hydroxyl groups is 1. The van der Waals surface area contributed by atoms with Gasteiger partial charge < -0.3 is 20.8 Å². The fourth-order valence-corrected chi connectivity index (χ4v) is 4.96. The van der Waals surface area contributed by atoms with Gasteiger partial charge in [0.25, 0.3) is 5.91 Å². The van der Waals surface area contributed by atoms with E-state index < -0.39 is 21.8 Å². The number of aromatic hydroxyl groups is 1. The van der Waals surface area contributed by atoms with Crippen molar-refractivity contribution in [2.45, 2.75) is 35.7 Å². The number of phenols is 1. The van der Waals surface area contributed by atoms with Gasteiger partial charge in [-0.15, -0.1) is 0 Å². The van der Waals surface area contributed by atoms with Crippen LogP contribution < -0.4 is 10.6 Å². The summed E-state index contributed by atoms with van der Waals surface area (Å²) in [4.78, 5) is 12.3. The molecule has 0 bridgehead atoms. The van der Waals surface area contributed by atoms with Crippen LogP contribution in [0.3, 0.4) is 0 Å². The molecule has 0 fully saturated rings. The van der Waals surface area contributed by atoms with Gasteiger partial charge in [0.2, 0.25) is 9.84 Å². The van der Waals surface area contributed by atoms with Crippen molar-refractivity contribution in [2.24, 2.45) is 0 Å². The fourth-order valence-electron chi connectivity index (χ4n) is 3.47. The first-order valence-electron chi connectivity index (χ1n) is 11.3. The van der Waals surface area contributed by atoms with Gasteiger partial charge in [-0.05, 0) is 73.0 Å². The molecule has 7 nitrogen and oxygen atoms in total. The number of carbonyl (C=O) groups excluding carboxylic acids is 1. The highest BCUT2D eigenvalue weighted by atomic mass is 35.5. The van der Waals surface area contributed by atoms with Crippen LogP contribution in [0.2, 0.25) is 5.02 Å². The van der Waals surface area contributed by atoms with Gasteiger partial charge in [0.15, 0.2) is 0 Å². The number of sulfone groups is 1. The molecule has 0 saturated carbocycles. The first-order chi connectivity index (χ1) is 16.7. The lowest BCUT2D eigenvalue weighted by Gasteiger charge is -2.13. The molecule has 0 aliphatic heterocycles. The maximum absolute atomic E-state index is 13.1. The van der Waals surface area contributed by atoms with Crippen LogP contribution in [0.15, 0.2) is 76.5 Å². The Morgan fingerprint density at radius 3 is 2.40 bits per heavy atom. The van der Waals surface area contributed by atoms with Crippen molar-refractivity contribution in [1.82, 2.24) is 10.6 Å². The summed E-state index contributed by atoms with van der Waals surface area (Å²) in [7, 11) is -3.87. The van der Waals surface area contributed by atoms with E-state index in [2.05, 4.69) is 10.6 Å². The molecule has 1 amide bonds. The van der Waals surface area contributed by atoms with Crippen LogP contribution in [0.4, 0.5) is 0 Å². The van der Waals surface area contributed by atoms with Gasteiger partial charge in [-0.1, -0.05) is 42.8 Å². The Balaban J connectivity index is 1.61. The van der Waals surface area contributed by atoms with Crippen LogP contribution in [-0.2, 0) is 16.3 Å². The van der Waals surface area contributed by atoms with Gasteiger partial charge in [-0.25, -0.2) is 8.42 Å². The summed E-state index contributed by atoms with van der Waals surface area (Å²) in [6, 6.07) is 17.3. The number of halogens is 1. The van der Waals surface area contributed by atoms with Crippen molar-refractivity contribution >= 4 is 27.3 Å². The molecule has 1 atom stereocenters. The van der Waals surface area contributed by atoms with Gasteiger partial charge in [0, 0.05) is 18.1 Å². The average molecular weight is 517 g/mol. The summed E-state index contributed by atoms with van der Waals surface area (Å²) in [6.45, 7) is 3.27. The van der Waals surface area contributed by atoms with Crippen molar-refractivity contribution in [3.05, 3.63) is 88.4 Å². The summed E-state index contributed by atoms with van der Waals surface area (Å²) in [5.74, 6) is -0.800. The maximum Gasteiger partial charge on any atom is 0.255 e. The first kappa shape index (κ1) is 26.7. The van der Waals surface area contributed by atoms with Gasteiger partial charge >= 0.3 is 0 Å². The Hall–Kier alpha value is -2.91. The highest BCUT2D eigenvalue weighted by Gasteiger charge is 2.21. The largest absolute Gasteiger partial charge is 0.507 e. The first-order valence-corrected chi connectivity index (χ1v) is 13.2. The lowest BCUT2D eigenvalue weighted by atomic mass is 10.1. The number of phenolic OH excluding ortho intramolecular Hbond substituents is 1. The summed E-state index contributed by atoms with van der Waals surface area (Å²) in [5.41, 5.74) is 1.58. The second kappa shape index (κ2) is 12.2. The summed E-state index contributed by atoms with van der Waals surface area (Å²) in [5, 5.41) is 26.7. The highest BCUT2D eigenvalue weighted by molar-refractivity contribution is 7.91. The Kier molecular flexibility index (Phi) is 9.28. The molecule has 186 valence electrons. The zero-order valence-corrected chi connectivity index (χ0v) is 20.9. The Morgan fingerprint density at radius 2 is 1.71 bits per heavy atom. The number of hydrogen-bond donors (Lipinski definition) is 4. The Labute approximate surface area is 210 Å². The maximum atomic E-state index is 13.1. The summed E-state index contributed by atoms with van der Waals surface area (Å²) < 4.78 is 26.2. The van der Waals surface area contributed by atoms with E-state index in [0.717, 1.165) is 17.5 Å². The normalized spacial score (nSPS) is 12.3. The topological polar surface area (TPSA) is 116 Å². The number of rotatable bonds is 11. The molecule has 9 heteroatoms. The minimum Gasteiger partial charge on any atom is -0.507 e. The second-order valence-electron chi connectivity index (χ2n) is 8.11. The molecule has 35 heavy (non-hydrogen) atoms. The minimum atomic E-state index is -3.87. The van der Waals surface area contributed by atoms with Crippen molar-refractivity contribution in [3.63, 3.8) is 0 Å². The van der Waals surface area contributed by atoms with E-state index in [-0.39, 0.29) is 21.1 Å². The quantitative estimate of drug-likeness (QED) is 0.287. The number of benzene rings is 3. The molecular weight excluding hydrogens is 488 g/mol. The predicted octanol–water partition coefficient (Wildman–Crippen LogP) is 3.88. The standard InChI is InChI=1S/C26H29ClN2O5S/c1-2-13-29-26(32)23-16-22(10-11-24(23)30)35(33,34)21-8-6-18(7-9-21)12-14-28-17-25(31)19-4-3-5-20(27)15-19/h3-11,15-16,25,28,30-31H,2,12-14,17H2,1H3,(H,29,32)/t25-/m1/s1. The SMILES string of the molecule is CCCNC(=O)c1cc(S(=O)(=O)c2ccc(CCNC[C@@H](O)c3cccc(Cl)c3)cc2)ccc1O. The van der Waals surface area contributed by atoms with Gasteiger partial charge in [0.1, 0.15) is 5.75 Å². The molecule has 4 N–H and O–H groups in total. The van der Waals surface area contributed by atoms with Crippen molar-refractivity contribution in [3.8, 4) is 5.75 Å². The number of amides is 1. The number of hydrogen-bond acceptors (Lipinski definition) is 6. The lowest BCUT2D eigenvalue weighted by Crippen LogP contribution is -2.24. The molecule has 3 rings (SSSR count). The third-order valence-corrected chi connectivity index (χ3v) is 7.46. The van der Waals surface area contributed by atoms with E-state index >= 15 is 0 Å². The molecule has 0 aliphatic carbocycles. The monoisotopic (exact) mass is 516 g/mol. The highest BCUT2D eigenvalue weighted by Crippen LogP contribution is 2.26. The van der Waals surface area contributed by atoms with Crippen LogP contribution in [0, 0.1) is 0 Å². The third kappa shape index (κ3) is 7.05. The molecule has 0 aromatic heterocycles. The summed E-state index contributed by atoms with van der Waals surface area (Å²) in [6.07, 6.45) is 0.679. The van der Waals surface area contributed by atoms with Crippen molar-refractivity contribution < 1.29 is 23.4 Å². The van der Waals surface area contributed by atoms with Crippen LogP contribution in [0.1, 0.15) is 40.9 Å². The van der Waals surface area contributed by atoms with Gasteiger partial charge in [-0.3, -0.25) is 4.79 Å². The minimum absolute atomic E-state index is 0.0682. The number of aliphatic hydroxyl groups excluding tert-OH is 1. The van der Waals surface area contributed by atoms with E-state index in [4.69, 9.17) is 11.6 Å². The zero-order chi connectivity index (χ0) is 25.4. The third-order valence-electron chi connectivity index (χ3n) is 5.45. The Morgan fingerprint density at radius 1 is 1.00 bits per heavy atom. The molecular formula is C26H29ClN2O5S.